The maximum Gasteiger partial charge on any atom is 0.220 e. The van der Waals surface area contributed by atoms with Gasteiger partial charge in [0.05, 0.1) is 5.69 Å². The van der Waals surface area contributed by atoms with Crippen molar-refractivity contribution in [2.75, 3.05) is 5.73 Å². The number of anilines is 1. The zero-order chi connectivity index (χ0) is 9.60. The van der Waals surface area contributed by atoms with E-state index in [1.54, 1.807) is 0 Å². The molecule has 2 aliphatic carbocycles. The van der Waals surface area contributed by atoms with E-state index in [0.717, 1.165) is 6.42 Å². The molecule has 3 nitrogen and oxygen atoms in total. The average Bonchev–Trinajstić information content (AvgIpc) is 2.77. The lowest BCUT2D eigenvalue weighted by Gasteiger charge is -2.22. The fraction of sp³-hybridized carbons (Fsp3) is 0.636. The van der Waals surface area contributed by atoms with Crippen molar-refractivity contribution in [2.24, 2.45) is 0 Å². The molecular weight excluding hydrogens is 174 g/mol. The molecule has 1 spiro atoms. The van der Waals surface area contributed by atoms with Crippen LogP contribution in [0.5, 0.6) is 0 Å². The quantitative estimate of drug-likeness (QED) is 0.677. The van der Waals surface area contributed by atoms with E-state index in [0.29, 0.717) is 11.4 Å². The predicted octanol–water partition coefficient (Wildman–Crippen LogP) is 1.82. The number of nitrogen functional groups attached to an aromatic ring is 1. The fourth-order valence-corrected chi connectivity index (χ4v) is 3.09. The van der Waals surface area contributed by atoms with E-state index in [2.05, 4.69) is 9.97 Å². The molecule has 0 aromatic carbocycles. The normalized spacial score (nSPS) is 22.9. The topological polar surface area (TPSA) is 51.8 Å². The third-order valence-corrected chi connectivity index (χ3v) is 3.82. The Bertz CT molecular complexity index is 367. The number of aryl methyl sites for hydroxylation is 1. The Labute approximate surface area is 83.8 Å². The van der Waals surface area contributed by atoms with E-state index in [1.807, 2.05) is 6.20 Å². The number of aromatic nitrogens is 2. The minimum atomic E-state index is 0.381. The first-order chi connectivity index (χ1) is 6.80. The van der Waals surface area contributed by atoms with E-state index in [1.165, 1.54) is 43.4 Å². The summed E-state index contributed by atoms with van der Waals surface area (Å²) in [5, 5.41) is 0. The highest BCUT2D eigenvalue weighted by Gasteiger charge is 2.42. The molecule has 0 atom stereocenters. The van der Waals surface area contributed by atoms with Gasteiger partial charge in [0.2, 0.25) is 5.95 Å². The molecule has 0 bridgehead atoms. The average molecular weight is 189 g/mol. The molecule has 3 rings (SSSR count). The molecule has 1 fully saturated rings. The Morgan fingerprint density at radius 3 is 2.79 bits per heavy atom. The zero-order valence-electron chi connectivity index (χ0n) is 8.29. The largest absolute Gasteiger partial charge is 0.368 e. The second-order valence-electron chi connectivity index (χ2n) is 4.59. The van der Waals surface area contributed by atoms with Gasteiger partial charge >= 0.3 is 0 Å². The molecule has 1 heterocycles. The number of hydrogen-bond donors (Lipinski definition) is 1. The SMILES string of the molecule is Nc1ncc2c(n1)C1(CCCC1)CC2. The molecule has 0 saturated heterocycles. The molecule has 3 heteroatoms. The predicted molar refractivity (Wildman–Crippen MR) is 54.9 cm³/mol. The van der Waals surface area contributed by atoms with Gasteiger partial charge in [-0.25, -0.2) is 9.97 Å². The van der Waals surface area contributed by atoms with Crippen LogP contribution in [0.3, 0.4) is 0 Å². The van der Waals surface area contributed by atoms with Crippen LogP contribution >= 0.6 is 0 Å². The summed E-state index contributed by atoms with van der Waals surface area (Å²) in [6.07, 6.45) is 9.64. The minimum absolute atomic E-state index is 0.381. The van der Waals surface area contributed by atoms with Crippen LogP contribution in [0, 0.1) is 0 Å². The van der Waals surface area contributed by atoms with Crippen molar-refractivity contribution in [1.29, 1.82) is 0 Å². The van der Waals surface area contributed by atoms with Gasteiger partial charge in [-0.05, 0) is 31.2 Å². The van der Waals surface area contributed by atoms with E-state index in [4.69, 9.17) is 5.73 Å². The molecule has 1 aromatic rings. The van der Waals surface area contributed by atoms with Crippen molar-refractivity contribution in [2.45, 2.75) is 43.9 Å². The Hall–Kier alpha value is -1.12. The molecule has 1 aromatic heterocycles. The van der Waals surface area contributed by atoms with Crippen molar-refractivity contribution < 1.29 is 0 Å². The summed E-state index contributed by atoms with van der Waals surface area (Å²) >= 11 is 0. The summed E-state index contributed by atoms with van der Waals surface area (Å²) in [6.45, 7) is 0. The highest BCUT2D eigenvalue weighted by molar-refractivity contribution is 5.36. The molecule has 14 heavy (non-hydrogen) atoms. The summed E-state index contributed by atoms with van der Waals surface area (Å²) in [5.74, 6) is 0.442. The van der Waals surface area contributed by atoms with Gasteiger partial charge in [0.15, 0.2) is 0 Å². The Balaban J connectivity index is 2.12. The first-order valence-electron chi connectivity index (χ1n) is 5.42. The Morgan fingerprint density at radius 1 is 1.21 bits per heavy atom. The van der Waals surface area contributed by atoms with Gasteiger partial charge in [-0.15, -0.1) is 0 Å². The molecule has 2 N–H and O–H groups in total. The number of rotatable bonds is 0. The summed E-state index contributed by atoms with van der Waals surface area (Å²) in [5.41, 5.74) is 8.64. The third-order valence-electron chi connectivity index (χ3n) is 3.82. The van der Waals surface area contributed by atoms with Gasteiger partial charge in [0, 0.05) is 11.6 Å². The van der Waals surface area contributed by atoms with Crippen molar-refractivity contribution in [3.63, 3.8) is 0 Å². The van der Waals surface area contributed by atoms with E-state index in [9.17, 15) is 0 Å². The monoisotopic (exact) mass is 189 g/mol. The first kappa shape index (κ1) is 8.21. The molecule has 0 aliphatic heterocycles. The second-order valence-corrected chi connectivity index (χ2v) is 4.59. The lowest BCUT2D eigenvalue weighted by molar-refractivity contribution is 0.428. The highest BCUT2D eigenvalue weighted by atomic mass is 15.0. The molecule has 0 unspecified atom stereocenters. The third kappa shape index (κ3) is 0.982. The minimum Gasteiger partial charge on any atom is -0.368 e. The van der Waals surface area contributed by atoms with Gasteiger partial charge in [0.1, 0.15) is 0 Å². The molecule has 74 valence electrons. The van der Waals surface area contributed by atoms with Crippen LogP contribution in [0.4, 0.5) is 5.95 Å². The van der Waals surface area contributed by atoms with Crippen molar-refractivity contribution in [3.8, 4) is 0 Å². The van der Waals surface area contributed by atoms with Crippen molar-refractivity contribution in [3.05, 3.63) is 17.5 Å². The summed E-state index contributed by atoms with van der Waals surface area (Å²) < 4.78 is 0. The molecule has 0 radical (unpaired) electrons. The number of fused-ring (bicyclic) bond motifs is 2. The van der Waals surface area contributed by atoms with Gasteiger partial charge < -0.3 is 5.73 Å². The van der Waals surface area contributed by atoms with Gasteiger partial charge in [-0.3, -0.25) is 0 Å². The second kappa shape index (κ2) is 2.69. The molecule has 0 amide bonds. The summed E-state index contributed by atoms with van der Waals surface area (Å²) in [6, 6.07) is 0. The standard InChI is InChI=1S/C11H15N3/c12-10-13-7-8-3-6-11(9(8)14-10)4-1-2-5-11/h7H,1-6H2,(H2,12,13,14). The molecular formula is C11H15N3. The van der Waals surface area contributed by atoms with Gasteiger partial charge in [-0.2, -0.15) is 0 Å². The van der Waals surface area contributed by atoms with Crippen LogP contribution in [0.15, 0.2) is 6.20 Å². The van der Waals surface area contributed by atoms with Gasteiger partial charge in [-0.1, -0.05) is 12.8 Å². The smallest absolute Gasteiger partial charge is 0.220 e. The van der Waals surface area contributed by atoms with Crippen molar-refractivity contribution in [1.82, 2.24) is 9.97 Å². The van der Waals surface area contributed by atoms with Crippen LogP contribution in [0.25, 0.3) is 0 Å². The van der Waals surface area contributed by atoms with E-state index in [-0.39, 0.29) is 0 Å². The summed E-state index contributed by atoms with van der Waals surface area (Å²) in [4.78, 5) is 8.53. The van der Waals surface area contributed by atoms with E-state index < -0.39 is 0 Å². The lowest BCUT2D eigenvalue weighted by Crippen LogP contribution is -2.20. The number of hydrogen-bond acceptors (Lipinski definition) is 3. The van der Waals surface area contributed by atoms with Crippen LogP contribution in [-0.4, -0.2) is 9.97 Å². The summed E-state index contributed by atoms with van der Waals surface area (Å²) in [7, 11) is 0. The van der Waals surface area contributed by atoms with Crippen LogP contribution in [0.2, 0.25) is 0 Å². The van der Waals surface area contributed by atoms with Crippen LogP contribution in [0.1, 0.15) is 43.4 Å². The number of nitrogens with zero attached hydrogens (tertiary/aromatic N) is 2. The Morgan fingerprint density at radius 2 is 2.00 bits per heavy atom. The lowest BCUT2D eigenvalue weighted by atomic mass is 9.83. The maximum atomic E-state index is 5.66. The van der Waals surface area contributed by atoms with E-state index >= 15 is 0 Å². The van der Waals surface area contributed by atoms with Gasteiger partial charge in [0.25, 0.3) is 0 Å². The maximum absolute atomic E-state index is 5.66. The van der Waals surface area contributed by atoms with Crippen molar-refractivity contribution >= 4 is 5.95 Å². The van der Waals surface area contributed by atoms with Crippen LogP contribution < -0.4 is 5.73 Å². The van der Waals surface area contributed by atoms with Crippen LogP contribution in [-0.2, 0) is 11.8 Å². The fourth-order valence-electron chi connectivity index (χ4n) is 3.09. The number of nitrogens with two attached hydrogens (primary N) is 1. The molecule has 2 aliphatic rings. The first-order valence-corrected chi connectivity index (χ1v) is 5.42. The molecule has 1 saturated carbocycles. The highest BCUT2D eigenvalue weighted by Crippen LogP contribution is 2.48. The zero-order valence-corrected chi connectivity index (χ0v) is 8.29. The Kier molecular flexibility index (Phi) is 1.58.